The lowest BCUT2D eigenvalue weighted by Gasteiger charge is -2.43. The van der Waals surface area contributed by atoms with Gasteiger partial charge in [-0.3, -0.25) is 0 Å². The lowest BCUT2D eigenvalue weighted by Crippen LogP contribution is -2.42. The van der Waals surface area contributed by atoms with Crippen LogP contribution in [0.15, 0.2) is 0 Å². The third kappa shape index (κ3) is 1.76. The Labute approximate surface area is 119 Å². The van der Waals surface area contributed by atoms with Gasteiger partial charge in [0, 0.05) is 0 Å². The second-order valence-corrected chi connectivity index (χ2v) is 9.38. The fourth-order valence-corrected chi connectivity index (χ4v) is 6.04. The van der Waals surface area contributed by atoms with Crippen molar-refractivity contribution in [2.24, 2.45) is 34.5 Å². The minimum absolute atomic E-state index is 0.107. The topological polar surface area (TPSA) is 9.23 Å². The normalized spacial score (nSPS) is 49.7. The summed E-state index contributed by atoms with van der Waals surface area (Å²) in [5, 5.41) is 0. The number of rotatable bonds is 0. The summed E-state index contributed by atoms with van der Waals surface area (Å²) in [4.78, 5) is 0. The molecule has 0 N–H and O–H groups in total. The molecule has 2 aliphatic carbocycles. The number of hydrogen-bond donors (Lipinski definition) is 0. The van der Waals surface area contributed by atoms with E-state index in [-0.39, 0.29) is 5.60 Å². The summed E-state index contributed by atoms with van der Waals surface area (Å²) in [6.07, 6.45) is 4.60. The van der Waals surface area contributed by atoms with Crippen LogP contribution in [0.3, 0.4) is 0 Å². The average Bonchev–Trinajstić information content (AvgIpc) is 2.65. The first-order valence-corrected chi connectivity index (χ1v) is 8.25. The smallest absolute Gasteiger partial charge is 0.0647 e. The fraction of sp³-hybridized carbons (Fsp3) is 1.00. The van der Waals surface area contributed by atoms with Crippen molar-refractivity contribution in [1.29, 1.82) is 0 Å². The van der Waals surface area contributed by atoms with E-state index in [9.17, 15) is 0 Å². The molecule has 1 unspecified atom stereocenters. The number of fused-ring (bicyclic) bond motifs is 3. The van der Waals surface area contributed by atoms with Crippen molar-refractivity contribution >= 4 is 0 Å². The van der Waals surface area contributed by atoms with Gasteiger partial charge in [-0.05, 0) is 67.6 Å². The van der Waals surface area contributed by atoms with Gasteiger partial charge in [-0.2, -0.15) is 0 Å². The molecule has 1 aliphatic heterocycles. The quantitative estimate of drug-likeness (QED) is 0.605. The Morgan fingerprint density at radius 3 is 2.16 bits per heavy atom. The van der Waals surface area contributed by atoms with E-state index in [2.05, 4.69) is 48.5 Å². The molecule has 110 valence electrons. The SMILES string of the molecule is CC1C(C)(C)[C@@H]2[C@@H]3OC(C)(C)C[C@@H]3CC[C@H]2C1(C)C. The van der Waals surface area contributed by atoms with E-state index < -0.39 is 0 Å². The van der Waals surface area contributed by atoms with E-state index >= 15 is 0 Å². The molecule has 1 heterocycles. The molecule has 1 heteroatoms. The third-order valence-electron chi connectivity index (χ3n) is 7.36. The van der Waals surface area contributed by atoms with Gasteiger partial charge < -0.3 is 4.74 Å². The maximum atomic E-state index is 6.54. The fourth-order valence-electron chi connectivity index (χ4n) is 6.04. The van der Waals surface area contributed by atoms with Crippen LogP contribution < -0.4 is 0 Å². The van der Waals surface area contributed by atoms with Gasteiger partial charge >= 0.3 is 0 Å². The minimum atomic E-state index is 0.107. The molecule has 0 aromatic heterocycles. The van der Waals surface area contributed by atoms with Crippen LogP contribution in [-0.4, -0.2) is 11.7 Å². The maximum absolute atomic E-state index is 6.54. The monoisotopic (exact) mass is 264 g/mol. The van der Waals surface area contributed by atoms with Crippen molar-refractivity contribution in [1.82, 2.24) is 0 Å². The first-order chi connectivity index (χ1) is 8.57. The molecular formula is C18H32O. The minimum Gasteiger partial charge on any atom is -0.372 e. The van der Waals surface area contributed by atoms with Crippen LogP contribution in [0.4, 0.5) is 0 Å². The molecule has 0 bridgehead atoms. The molecule has 0 amide bonds. The van der Waals surface area contributed by atoms with E-state index in [1.165, 1.54) is 19.3 Å². The van der Waals surface area contributed by atoms with Gasteiger partial charge in [-0.15, -0.1) is 0 Å². The van der Waals surface area contributed by atoms with Gasteiger partial charge in [-0.1, -0.05) is 34.6 Å². The van der Waals surface area contributed by atoms with Crippen LogP contribution in [-0.2, 0) is 4.74 Å². The van der Waals surface area contributed by atoms with Crippen molar-refractivity contribution in [3.63, 3.8) is 0 Å². The zero-order valence-corrected chi connectivity index (χ0v) is 13.9. The van der Waals surface area contributed by atoms with Gasteiger partial charge in [0.25, 0.3) is 0 Å². The van der Waals surface area contributed by atoms with Crippen molar-refractivity contribution in [2.75, 3.05) is 0 Å². The first-order valence-electron chi connectivity index (χ1n) is 8.25. The lowest BCUT2D eigenvalue weighted by molar-refractivity contribution is -0.0952. The molecule has 3 rings (SSSR count). The summed E-state index contributed by atoms with van der Waals surface area (Å²) in [6, 6.07) is 0. The molecular weight excluding hydrogens is 232 g/mol. The van der Waals surface area contributed by atoms with Crippen LogP contribution in [0.5, 0.6) is 0 Å². The predicted octanol–water partition coefficient (Wildman–Crippen LogP) is 4.90. The largest absolute Gasteiger partial charge is 0.372 e. The first kappa shape index (κ1) is 13.9. The van der Waals surface area contributed by atoms with E-state index in [0.29, 0.717) is 16.9 Å². The van der Waals surface area contributed by atoms with Crippen LogP contribution in [0, 0.1) is 34.5 Å². The maximum Gasteiger partial charge on any atom is 0.0647 e. The molecule has 1 saturated heterocycles. The number of ether oxygens (including phenoxy) is 1. The second-order valence-electron chi connectivity index (χ2n) is 9.38. The van der Waals surface area contributed by atoms with Gasteiger partial charge in [0.1, 0.15) is 0 Å². The highest BCUT2D eigenvalue weighted by Crippen LogP contribution is 2.67. The Kier molecular flexibility index (Phi) is 2.77. The molecule has 3 fully saturated rings. The molecule has 19 heavy (non-hydrogen) atoms. The number of hydrogen-bond acceptors (Lipinski definition) is 1. The summed E-state index contributed by atoms with van der Waals surface area (Å²) in [5.74, 6) is 3.21. The highest BCUT2D eigenvalue weighted by atomic mass is 16.5. The molecule has 1 nitrogen and oxygen atoms in total. The molecule has 0 radical (unpaired) electrons. The average molecular weight is 264 g/mol. The van der Waals surface area contributed by atoms with Gasteiger partial charge in [0.2, 0.25) is 0 Å². The Morgan fingerprint density at radius 1 is 0.895 bits per heavy atom. The summed E-state index contributed by atoms with van der Waals surface area (Å²) < 4.78 is 6.54. The zero-order valence-electron chi connectivity index (χ0n) is 13.9. The van der Waals surface area contributed by atoms with Crippen LogP contribution >= 0.6 is 0 Å². The molecule has 0 spiro atoms. The Morgan fingerprint density at radius 2 is 1.53 bits per heavy atom. The molecule has 3 aliphatic rings. The Bertz CT molecular complexity index is 379. The van der Waals surface area contributed by atoms with E-state index in [4.69, 9.17) is 4.74 Å². The summed E-state index contributed by atoms with van der Waals surface area (Å²) in [7, 11) is 0. The molecule has 5 atom stereocenters. The summed E-state index contributed by atoms with van der Waals surface area (Å²) >= 11 is 0. The van der Waals surface area contributed by atoms with Crippen LogP contribution in [0.1, 0.15) is 67.7 Å². The van der Waals surface area contributed by atoms with Gasteiger partial charge in [0.05, 0.1) is 11.7 Å². The zero-order chi connectivity index (χ0) is 14.2. The van der Waals surface area contributed by atoms with E-state index in [1.807, 2.05) is 0 Å². The Balaban J connectivity index is 1.99. The summed E-state index contributed by atoms with van der Waals surface area (Å²) in [5.41, 5.74) is 0.990. The molecule has 2 saturated carbocycles. The summed E-state index contributed by atoms with van der Waals surface area (Å²) in [6.45, 7) is 17.1. The third-order valence-corrected chi connectivity index (χ3v) is 7.36. The highest BCUT2D eigenvalue weighted by molar-refractivity contribution is 5.12. The molecule has 0 aromatic rings. The van der Waals surface area contributed by atoms with E-state index in [1.54, 1.807) is 0 Å². The second kappa shape index (κ2) is 3.78. The van der Waals surface area contributed by atoms with Crippen molar-refractivity contribution < 1.29 is 4.74 Å². The van der Waals surface area contributed by atoms with Gasteiger partial charge in [0.15, 0.2) is 0 Å². The Hall–Kier alpha value is -0.0400. The van der Waals surface area contributed by atoms with Crippen LogP contribution in [0.25, 0.3) is 0 Å². The van der Waals surface area contributed by atoms with Crippen molar-refractivity contribution in [2.45, 2.75) is 79.4 Å². The molecule has 0 aromatic carbocycles. The highest BCUT2D eigenvalue weighted by Gasteiger charge is 2.64. The standard InChI is InChI=1S/C18H32O/c1-11-17(4,5)13-9-8-12-10-16(2,3)19-15(12)14(13)18(11,6)7/h11-15H,8-10H2,1-7H3/t11?,12-,13+,14-,15+/m0/s1. The van der Waals surface area contributed by atoms with Crippen molar-refractivity contribution in [3.8, 4) is 0 Å². The van der Waals surface area contributed by atoms with Crippen molar-refractivity contribution in [3.05, 3.63) is 0 Å². The lowest BCUT2D eigenvalue weighted by atomic mass is 9.64. The van der Waals surface area contributed by atoms with E-state index in [0.717, 1.165) is 23.7 Å². The predicted molar refractivity (Wildman–Crippen MR) is 80.0 cm³/mol. The van der Waals surface area contributed by atoms with Crippen LogP contribution in [0.2, 0.25) is 0 Å². The van der Waals surface area contributed by atoms with Gasteiger partial charge in [-0.25, -0.2) is 0 Å².